The van der Waals surface area contributed by atoms with E-state index in [-0.39, 0.29) is 0 Å². The maximum atomic E-state index is 5.41. The van der Waals surface area contributed by atoms with Crippen molar-refractivity contribution in [1.82, 2.24) is 0 Å². The van der Waals surface area contributed by atoms with Crippen LogP contribution in [-0.2, 0) is 0 Å². The minimum Gasteiger partial charge on any atom is -0.330 e. The van der Waals surface area contributed by atoms with Gasteiger partial charge in [0.25, 0.3) is 0 Å². The van der Waals surface area contributed by atoms with Crippen molar-refractivity contribution < 1.29 is 0 Å². The Labute approximate surface area is 102 Å². The molecule has 0 aliphatic carbocycles. The largest absolute Gasteiger partial charge is 0.330 e. The van der Waals surface area contributed by atoms with Gasteiger partial charge in [-0.2, -0.15) is 35.3 Å². The fourth-order valence-corrected chi connectivity index (χ4v) is 3.80. The van der Waals surface area contributed by atoms with Crippen molar-refractivity contribution in [2.75, 3.05) is 41.1 Å². The van der Waals surface area contributed by atoms with E-state index in [1.54, 1.807) is 0 Å². The standard InChI is InChI=1S/C10H23NS3/c1-2-5-12-9-10-14-7-3-6-13-8-4-11/h2-11H2,1H3. The van der Waals surface area contributed by atoms with Crippen molar-refractivity contribution in [3.05, 3.63) is 0 Å². The fraction of sp³-hybridized carbons (Fsp3) is 1.00. The Bertz CT molecular complexity index is 89.4. The Balaban J connectivity index is 2.78. The van der Waals surface area contributed by atoms with Crippen molar-refractivity contribution in [1.29, 1.82) is 0 Å². The molecule has 0 rings (SSSR count). The van der Waals surface area contributed by atoms with Gasteiger partial charge in [0.05, 0.1) is 0 Å². The first kappa shape index (κ1) is 15.0. The Hall–Kier alpha value is 1.01. The first-order valence-electron chi connectivity index (χ1n) is 5.35. The van der Waals surface area contributed by atoms with Gasteiger partial charge < -0.3 is 5.73 Å². The SMILES string of the molecule is CCCSCCSCCCSCCN. The van der Waals surface area contributed by atoms with Crippen LogP contribution in [-0.4, -0.2) is 41.1 Å². The Morgan fingerprint density at radius 1 is 0.786 bits per heavy atom. The van der Waals surface area contributed by atoms with Crippen molar-refractivity contribution in [3.8, 4) is 0 Å². The number of nitrogens with two attached hydrogens (primary N) is 1. The second-order valence-corrected chi connectivity index (χ2v) is 6.65. The van der Waals surface area contributed by atoms with Crippen LogP contribution in [0.1, 0.15) is 19.8 Å². The van der Waals surface area contributed by atoms with Crippen LogP contribution < -0.4 is 5.73 Å². The molecule has 1 nitrogen and oxygen atoms in total. The van der Waals surface area contributed by atoms with Gasteiger partial charge in [-0.05, 0) is 30.1 Å². The zero-order chi connectivity index (χ0) is 10.5. The van der Waals surface area contributed by atoms with Crippen LogP contribution in [0, 0.1) is 0 Å². The highest BCUT2D eigenvalue weighted by Crippen LogP contribution is 2.10. The first-order valence-corrected chi connectivity index (χ1v) is 8.81. The van der Waals surface area contributed by atoms with Gasteiger partial charge in [0.1, 0.15) is 0 Å². The summed E-state index contributed by atoms with van der Waals surface area (Å²) in [7, 11) is 0. The molecule has 0 aliphatic rings. The number of thioether (sulfide) groups is 3. The molecule has 0 unspecified atom stereocenters. The van der Waals surface area contributed by atoms with Gasteiger partial charge in [-0.3, -0.25) is 0 Å². The third kappa shape index (κ3) is 13.0. The zero-order valence-electron chi connectivity index (χ0n) is 9.17. The van der Waals surface area contributed by atoms with Crippen LogP contribution >= 0.6 is 35.3 Å². The highest BCUT2D eigenvalue weighted by molar-refractivity contribution is 8.03. The summed E-state index contributed by atoms with van der Waals surface area (Å²) in [5, 5.41) is 0. The van der Waals surface area contributed by atoms with E-state index in [0.717, 1.165) is 12.3 Å². The molecule has 0 aliphatic heterocycles. The quantitative estimate of drug-likeness (QED) is 0.573. The second kappa shape index (κ2) is 14.0. The van der Waals surface area contributed by atoms with E-state index in [1.807, 2.05) is 11.8 Å². The van der Waals surface area contributed by atoms with Gasteiger partial charge in [-0.15, -0.1) is 0 Å². The maximum Gasteiger partial charge on any atom is 0.00558 e. The smallest absolute Gasteiger partial charge is 0.00558 e. The molecule has 0 fully saturated rings. The molecule has 86 valence electrons. The molecule has 0 atom stereocenters. The minimum atomic E-state index is 0.825. The van der Waals surface area contributed by atoms with Gasteiger partial charge in [-0.1, -0.05) is 6.92 Å². The van der Waals surface area contributed by atoms with Crippen molar-refractivity contribution in [2.45, 2.75) is 19.8 Å². The average molecular weight is 254 g/mol. The van der Waals surface area contributed by atoms with Gasteiger partial charge in [0.2, 0.25) is 0 Å². The summed E-state index contributed by atoms with van der Waals surface area (Å²) in [6.45, 7) is 3.07. The van der Waals surface area contributed by atoms with Crippen molar-refractivity contribution in [2.24, 2.45) is 5.73 Å². The second-order valence-electron chi connectivity index (χ2n) is 2.98. The minimum absolute atomic E-state index is 0.825. The molecule has 0 aromatic heterocycles. The normalized spacial score (nSPS) is 10.7. The summed E-state index contributed by atoms with van der Waals surface area (Å²) >= 11 is 6.16. The van der Waals surface area contributed by atoms with Gasteiger partial charge in [0.15, 0.2) is 0 Å². The zero-order valence-corrected chi connectivity index (χ0v) is 11.6. The van der Waals surface area contributed by atoms with Gasteiger partial charge in [0, 0.05) is 23.8 Å². The predicted molar refractivity (Wildman–Crippen MR) is 75.9 cm³/mol. The molecule has 0 amide bonds. The first-order chi connectivity index (χ1) is 6.91. The summed E-state index contributed by atoms with van der Waals surface area (Å²) in [5.41, 5.74) is 5.41. The monoisotopic (exact) mass is 253 g/mol. The topological polar surface area (TPSA) is 26.0 Å². The van der Waals surface area contributed by atoms with E-state index in [2.05, 4.69) is 30.4 Å². The van der Waals surface area contributed by atoms with Crippen LogP contribution in [0.4, 0.5) is 0 Å². The van der Waals surface area contributed by atoms with Crippen LogP contribution in [0.3, 0.4) is 0 Å². The summed E-state index contributed by atoms with van der Waals surface area (Å²) in [6.07, 6.45) is 2.65. The summed E-state index contributed by atoms with van der Waals surface area (Å²) < 4.78 is 0. The highest BCUT2D eigenvalue weighted by Gasteiger charge is 1.91. The lowest BCUT2D eigenvalue weighted by Crippen LogP contribution is -2.02. The molecular weight excluding hydrogens is 230 g/mol. The summed E-state index contributed by atoms with van der Waals surface area (Å²) in [4.78, 5) is 0. The molecular formula is C10H23NS3. The molecule has 0 aromatic carbocycles. The Kier molecular flexibility index (Phi) is 15.0. The molecule has 14 heavy (non-hydrogen) atoms. The van der Waals surface area contributed by atoms with Crippen LogP contribution in [0.2, 0.25) is 0 Å². The van der Waals surface area contributed by atoms with Crippen molar-refractivity contribution >= 4 is 35.3 Å². The van der Waals surface area contributed by atoms with Crippen molar-refractivity contribution in [3.63, 3.8) is 0 Å². The molecule has 2 N–H and O–H groups in total. The van der Waals surface area contributed by atoms with Gasteiger partial charge >= 0.3 is 0 Å². The molecule has 0 spiro atoms. The van der Waals surface area contributed by atoms with E-state index >= 15 is 0 Å². The Morgan fingerprint density at radius 2 is 1.36 bits per heavy atom. The van der Waals surface area contributed by atoms with Crippen LogP contribution in [0.15, 0.2) is 0 Å². The predicted octanol–water partition coefficient (Wildman–Crippen LogP) is 2.94. The van der Waals surface area contributed by atoms with Crippen LogP contribution in [0.5, 0.6) is 0 Å². The maximum absolute atomic E-state index is 5.41. The molecule has 0 aromatic rings. The number of rotatable bonds is 11. The Morgan fingerprint density at radius 3 is 1.93 bits per heavy atom. The fourth-order valence-electron chi connectivity index (χ4n) is 0.915. The highest BCUT2D eigenvalue weighted by atomic mass is 32.2. The average Bonchev–Trinajstić information content (AvgIpc) is 2.21. The number of hydrogen-bond donors (Lipinski definition) is 1. The third-order valence-electron chi connectivity index (χ3n) is 1.56. The van der Waals surface area contributed by atoms with E-state index in [9.17, 15) is 0 Å². The van der Waals surface area contributed by atoms with E-state index in [1.165, 1.54) is 41.6 Å². The molecule has 0 bridgehead atoms. The molecule has 0 radical (unpaired) electrons. The summed E-state index contributed by atoms with van der Waals surface area (Å²) in [5.74, 6) is 7.71. The summed E-state index contributed by atoms with van der Waals surface area (Å²) in [6, 6.07) is 0. The van der Waals surface area contributed by atoms with E-state index in [4.69, 9.17) is 5.73 Å². The lowest BCUT2D eigenvalue weighted by Gasteiger charge is -2.01. The third-order valence-corrected chi connectivity index (χ3v) is 5.18. The van der Waals surface area contributed by atoms with Gasteiger partial charge in [-0.25, -0.2) is 0 Å². The van der Waals surface area contributed by atoms with Crippen LogP contribution in [0.25, 0.3) is 0 Å². The lowest BCUT2D eigenvalue weighted by atomic mass is 10.6. The molecule has 4 heteroatoms. The molecule has 0 heterocycles. The number of hydrogen-bond acceptors (Lipinski definition) is 4. The molecule has 0 saturated heterocycles. The van der Waals surface area contributed by atoms with E-state index in [0.29, 0.717) is 0 Å². The molecule has 0 saturated carbocycles. The lowest BCUT2D eigenvalue weighted by molar-refractivity contribution is 1.10. The van der Waals surface area contributed by atoms with E-state index < -0.39 is 0 Å².